The number of nitrogens with one attached hydrogen (secondary N) is 2. The van der Waals surface area contributed by atoms with Gasteiger partial charge in [0.25, 0.3) is 0 Å². The van der Waals surface area contributed by atoms with Crippen LogP contribution in [-0.2, 0) is 27.0 Å². The van der Waals surface area contributed by atoms with Crippen LogP contribution in [0.4, 0.5) is 0 Å². The van der Waals surface area contributed by atoms with E-state index in [1.54, 1.807) is 18.2 Å². The predicted molar refractivity (Wildman–Crippen MR) is 103 cm³/mol. The predicted octanol–water partition coefficient (Wildman–Crippen LogP) is 1.48. The molecule has 146 valence electrons. The highest BCUT2D eigenvalue weighted by Gasteiger charge is 2.15. The maximum absolute atomic E-state index is 12.2. The molecule has 0 aromatic heterocycles. The van der Waals surface area contributed by atoms with Crippen LogP contribution < -0.4 is 19.5 Å². The van der Waals surface area contributed by atoms with Gasteiger partial charge in [0.2, 0.25) is 15.9 Å². The number of amides is 1. The summed E-state index contributed by atoms with van der Waals surface area (Å²) in [6, 6.07) is 14.6. The molecular weight excluding hydrogens is 368 g/mol. The third-order valence-electron chi connectivity index (χ3n) is 3.84. The van der Waals surface area contributed by atoms with E-state index < -0.39 is 10.0 Å². The first-order valence-corrected chi connectivity index (χ1v) is 10.1. The van der Waals surface area contributed by atoms with E-state index >= 15 is 0 Å². The van der Waals surface area contributed by atoms with Crippen molar-refractivity contribution in [2.75, 3.05) is 27.3 Å². The average molecular weight is 392 g/mol. The highest BCUT2D eigenvalue weighted by atomic mass is 32.2. The number of carbonyl (C=O) groups excluding carboxylic acids is 1. The van der Waals surface area contributed by atoms with Gasteiger partial charge in [-0.3, -0.25) is 4.79 Å². The van der Waals surface area contributed by atoms with Crippen molar-refractivity contribution in [1.29, 1.82) is 0 Å². The molecule has 0 spiro atoms. The summed E-state index contributed by atoms with van der Waals surface area (Å²) >= 11 is 0. The minimum Gasteiger partial charge on any atom is -0.493 e. The standard InChI is InChI=1S/C19H24N2O5S/c1-25-17-9-8-16(12-18(17)26-2)14-27(23,24)21-13-19(22)20-11-10-15-6-4-3-5-7-15/h3-9,12,21H,10-11,13-14H2,1-2H3,(H,20,22). The fraction of sp³-hybridized carbons (Fsp3) is 0.316. The van der Waals surface area contributed by atoms with Crippen molar-refractivity contribution >= 4 is 15.9 Å². The molecule has 0 aliphatic heterocycles. The van der Waals surface area contributed by atoms with Crippen LogP contribution in [0.2, 0.25) is 0 Å². The molecule has 0 bridgehead atoms. The summed E-state index contributed by atoms with van der Waals surface area (Å²) in [6.45, 7) is 0.144. The Morgan fingerprint density at radius 1 is 0.963 bits per heavy atom. The normalized spacial score (nSPS) is 11.0. The van der Waals surface area contributed by atoms with Gasteiger partial charge in [0.15, 0.2) is 11.5 Å². The third kappa shape index (κ3) is 6.92. The second-order valence-electron chi connectivity index (χ2n) is 5.86. The number of hydrogen-bond acceptors (Lipinski definition) is 5. The Balaban J connectivity index is 1.81. The monoisotopic (exact) mass is 392 g/mol. The van der Waals surface area contributed by atoms with Gasteiger partial charge in [0.1, 0.15) is 0 Å². The Bertz CT molecular complexity index is 854. The van der Waals surface area contributed by atoms with Crippen LogP contribution >= 0.6 is 0 Å². The Kier molecular flexibility index (Phi) is 7.63. The van der Waals surface area contributed by atoms with Gasteiger partial charge in [0, 0.05) is 6.54 Å². The van der Waals surface area contributed by atoms with Crippen LogP contribution in [0.25, 0.3) is 0 Å². The molecule has 0 radical (unpaired) electrons. The van der Waals surface area contributed by atoms with Crippen molar-refractivity contribution in [2.24, 2.45) is 0 Å². The highest BCUT2D eigenvalue weighted by molar-refractivity contribution is 7.88. The molecular formula is C19H24N2O5S. The lowest BCUT2D eigenvalue weighted by Gasteiger charge is -2.11. The van der Waals surface area contributed by atoms with Gasteiger partial charge in [-0.2, -0.15) is 0 Å². The number of rotatable bonds is 10. The number of methoxy groups -OCH3 is 2. The zero-order chi connectivity index (χ0) is 19.7. The average Bonchev–Trinajstić information content (AvgIpc) is 2.67. The molecule has 0 atom stereocenters. The van der Waals surface area contributed by atoms with E-state index in [4.69, 9.17) is 9.47 Å². The molecule has 2 rings (SSSR count). The minimum absolute atomic E-state index is 0.259. The molecule has 0 aliphatic carbocycles. The molecule has 7 nitrogen and oxygen atoms in total. The molecule has 8 heteroatoms. The second-order valence-corrected chi connectivity index (χ2v) is 7.66. The molecule has 0 heterocycles. The highest BCUT2D eigenvalue weighted by Crippen LogP contribution is 2.28. The molecule has 0 unspecified atom stereocenters. The van der Waals surface area contributed by atoms with Gasteiger partial charge < -0.3 is 14.8 Å². The van der Waals surface area contributed by atoms with E-state index in [1.165, 1.54) is 14.2 Å². The van der Waals surface area contributed by atoms with E-state index in [9.17, 15) is 13.2 Å². The van der Waals surface area contributed by atoms with Crippen molar-refractivity contribution in [3.8, 4) is 11.5 Å². The quantitative estimate of drug-likeness (QED) is 0.639. The fourth-order valence-electron chi connectivity index (χ4n) is 2.47. The molecule has 1 amide bonds. The Morgan fingerprint density at radius 2 is 1.67 bits per heavy atom. The maximum atomic E-state index is 12.2. The van der Waals surface area contributed by atoms with Crippen LogP contribution in [0.15, 0.2) is 48.5 Å². The number of benzene rings is 2. The summed E-state index contributed by atoms with van der Waals surface area (Å²) in [5.41, 5.74) is 1.64. The lowest BCUT2D eigenvalue weighted by atomic mass is 10.1. The summed E-state index contributed by atoms with van der Waals surface area (Å²) in [5.74, 6) is 0.333. The van der Waals surface area contributed by atoms with Crippen molar-refractivity contribution in [1.82, 2.24) is 10.0 Å². The molecule has 2 N–H and O–H groups in total. The lowest BCUT2D eigenvalue weighted by molar-refractivity contribution is -0.119. The van der Waals surface area contributed by atoms with E-state index in [0.29, 0.717) is 30.0 Å². The molecule has 0 saturated carbocycles. The van der Waals surface area contributed by atoms with E-state index in [-0.39, 0.29) is 18.2 Å². The van der Waals surface area contributed by atoms with Gasteiger partial charge in [0.05, 0.1) is 26.5 Å². The largest absolute Gasteiger partial charge is 0.493 e. The Morgan fingerprint density at radius 3 is 2.33 bits per heavy atom. The Labute approximate surface area is 159 Å². The van der Waals surface area contributed by atoms with Crippen molar-refractivity contribution in [3.63, 3.8) is 0 Å². The lowest BCUT2D eigenvalue weighted by Crippen LogP contribution is -2.38. The van der Waals surface area contributed by atoms with Crippen LogP contribution in [-0.4, -0.2) is 41.6 Å². The van der Waals surface area contributed by atoms with Crippen molar-refractivity contribution < 1.29 is 22.7 Å². The fourth-order valence-corrected chi connectivity index (χ4v) is 3.54. The van der Waals surface area contributed by atoms with Crippen molar-refractivity contribution in [2.45, 2.75) is 12.2 Å². The molecule has 0 aliphatic rings. The SMILES string of the molecule is COc1ccc(CS(=O)(=O)NCC(=O)NCCc2ccccc2)cc1OC. The van der Waals surface area contributed by atoms with Crippen LogP contribution in [0.1, 0.15) is 11.1 Å². The first-order chi connectivity index (χ1) is 12.9. The molecule has 2 aromatic rings. The smallest absolute Gasteiger partial charge is 0.235 e. The molecule has 27 heavy (non-hydrogen) atoms. The zero-order valence-corrected chi connectivity index (χ0v) is 16.2. The van der Waals surface area contributed by atoms with Crippen LogP contribution in [0.3, 0.4) is 0 Å². The summed E-state index contributed by atoms with van der Waals surface area (Å²) < 4.78 is 37.0. The minimum atomic E-state index is -3.66. The summed E-state index contributed by atoms with van der Waals surface area (Å²) in [7, 11) is -0.672. The number of hydrogen-bond donors (Lipinski definition) is 2. The number of carbonyl (C=O) groups is 1. The third-order valence-corrected chi connectivity index (χ3v) is 5.13. The van der Waals surface area contributed by atoms with Gasteiger partial charge in [-0.15, -0.1) is 0 Å². The van der Waals surface area contributed by atoms with E-state index in [2.05, 4.69) is 10.0 Å². The Hall–Kier alpha value is -2.58. The number of ether oxygens (including phenoxy) is 2. The number of sulfonamides is 1. The summed E-state index contributed by atoms with van der Waals surface area (Å²) in [6.07, 6.45) is 0.685. The van der Waals surface area contributed by atoms with Crippen LogP contribution in [0.5, 0.6) is 11.5 Å². The second kappa shape index (κ2) is 9.94. The topological polar surface area (TPSA) is 93.7 Å². The van der Waals surface area contributed by atoms with E-state index in [0.717, 1.165) is 5.56 Å². The van der Waals surface area contributed by atoms with E-state index in [1.807, 2.05) is 30.3 Å². The van der Waals surface area contributed by atoms with Gasteiger partial charge in [-0.25, -0.2) is 13.1 Å². The van der Waals surface area contributed by atoms with Gasteiger partial charge in [-0.05, 0) is 29.7 Å². The summed E-state index contributed by atoms with van der Waals surface area (Å²) in [5, 5.41) is 2.70. The van der Waals surface area contributed by atoms with Crippen molar-refractivity contribution in [3.05, 3.63) is 59.7 Å². The molecule has 2 aromatic carbocycles. The summed E-state index contributed by atoms with van der Waals surface area (Å²) in [4.78, 5) is 11.8. The zero-order valence-electron chi connectivity index (χ0n) is 15.4. The first-order valence-electron chi connectivity index (χ1n) is 8.42. The molecule has 0 fully saturated rings. The van der Waals surface area contributed by atoms with Gasteiger partial charge in [-0.1, -0.05) is 36.4 Å². The molecule has 0 saturated heterocycles. The van der Waals surface area contributed by atoms with Crippen LogP contribution in [0, 0.1) is 0 Å². The van der Waals surface area contributed by atoms with Gasteiger partial charge >= 0.3 is 0 Å². The first kappa shape index (κ1) is 20.7. The maximum Gasteiger partial charge on any atom is 0.235 e.